The van der Waals surface area contributed by atoms with Gasteiger partial charge in [-0.15, -0.1) is 0 Å². The van der Waals surface area contributed by atoms with E-state index in [1.165, 1.54) is 0 Å². The molecule has 3 aromatic rings. The van der Waals surface area contributed by atoms with Crippen molar-refractivity contribution in [2.75, 3.05) is 12.4 Å². The molecule has 0 amide bonds. The number of rotatable bonds is 3. The van der Waals surface area contributed by atoms with Crippen LogP contribution in [0.1, 0.15) is 22.7 Å². The molecule has 0 radical (unpaired) electrons. The number of nitrogens with one attached hydrogen (secondary N) is 4. The van der Waals surface area contributed by atoms with Crippen molar-refractivity contribution in [3.63, 3.8) is 0 Å². The minimum absolute atomic E-state index is 0.102. The molecule has 1 aromatic heterocycles. The number of ether oxygens (including phenoxy) is 1. The number of hydrogen-bond acceptors (Lipinski definition) is 5. The van der Waals surface area contributed by atoms with Gasteiger partial charge in [-0.1, -0.05) is 36.0 Å². The number of fused-ring (bicyclic) bond motifs is 1. The van der Waals surface area contributed by atoms with Crippen LogP contribution in [0.4, 0.5) is 5.82 Å². The molecule has 0 bridgehead atoms. The maximum Gasteiger partial charge on any atom is 0.157 e. The van der Waals surface area contributed by atoms with E-state index >= 15 is 0 Å². The lowest BCUT2D eigenvalue weighted by Crippen LogP contribution is -2.44. The Kier molecular flexibility index (Phi) is 5.06. The van der Waals surface area contributed by atoms with Gasteiger partial charge >= 0.3 is 0 Å². The van der Waals surface area contributed by atoms with Gasteiger partial charge in [-0.05, 0) is 60.7 Å². The normalized spacial score (nSPS) is 22.0. The number of aryl methyl sites for hydroxylation is 1. The van der Waals surface area contributed by atoms with Gasteiger partial charge < -0.3 is 20.2 Å². The fraction of sp³-hybridized carbons (Fsp3) is 0.143. The molecule has 6 nitrogen and oxygen atoms in total. The number of nitrogens with zero attached hydrogens (tertiary/aromatic N) is 1. The van der Waals surface area contributed by atoms with Crippen LogP contribution < -0.4 is 25.5 Å². The Morgan fingerprint density at radius 2 is 1.77 bits per heavy atom. The molecule has 2 unspecified atom stereocenters. The number of hydrogen-bond donors (Lipinski definition) is 4. The lowest BCUT2D eigenvalue weighted by atomic mass is 9.82. The number of aromatic nitrogens is 2. The van der Waals surface area contributed by atoms with E-state index in [9.17, 15) is 0 Å². The number of halogens is 1. The van der Waals surface area contributed by atoms with E-state index in [1.807, 2.05) is 55.5 Å². The van der Waals surface area contributed by atoms with Gasteiger partial charge in [0.2, 0.25) is 0 Å². The summed E-state index contributed by atoms with van der Waals surface area (Å²) < 4.78 is 5.28. The fourth-order valence-electron chi connectivity index (χ4n) is 3.99. The van der Waals surface area contributed by atoms with Crippen LogP contribution >= 0.6 is 30.2 Å². The van der Waals surface area contributed by atoms with Crippen molar-refractivity contribution in [1.82, 2.24) is 20.4 Å². The Labute approximate surface area is 195 Å². The summed E-state index contributed by atoms with van der Waals surface area (Å²) in [5, 5.41) is 19.6. The molecule has 0 fully saturated rings. The summed E-state index contributed by atoms with van der Waals surface area (Å²) in [6.07, 6.45) is -2.42. The van der Waals surface area contributed by atoms with Gasteiger partial charge in [0, 0.05) is 33.1 Å². The number of H-pyrrole nitrogens is 1. The second kappa shape index (κ2) is 7.64. The first-order chi connectivity index (χ1) is 14.9. The molecular formula is C21H19ClN5OPS2. The average Bonchev–Trinajstić information content (AvgIpc) is 3.13. The summed E-state index contributed by atoms with van der Waals surface area (Å²) in [4.78, 5) is 0.631. The molecule has 158 valence electrons. The number of aromatic amines is 1. The quantitative estimate of drug-likeness (QED) is 0.324. The smallest absolute Gasteiger partial charge is 0.157 e. The predicted octanol–water partition coefficient (Wildman–Crippen LogP) is 4.30. The minimum Gasteiger partial charge on any atom is -0.497 e. The molecule has 10 heteroatoms. The van der Waals surface area contributed by atoms with E-state index in [2.05, 4.69) is 25.7 Å². The highest BCUT2D eigenvalue weighted by atomic mass is 35.5. The van der Waals surface area contributed by atoms with Crippen molar-refractivity contribution in [3.05, 3.63) is 81.8 Å². The van der Waals surface area contributed by atoms with Crippen molar-refractivity contribution in [3.8, 4) is 5.75 Å². The Hall–Kier alpha value is -2.38. The summed E-state index contributed by atoms with van der Waals surface area (Å²) in [5.74, 6) is 2.24. The summed E-state index contributed by atoms with van der Waals surface area (Å²) >= 11 is 18.1. The maximum atomic E-state index is 6.14. The summed E-state index contributed by atoms with van der Waals surface area (Å²) in [7, 11) is 1.64. The Morgan fingerprint density at radius 1 is 1.06 bits per heavy atom. The Morgan fingerprint density at radius 3 is 2.45 bits per heavy atom. The topological polar surface area (TPSA) is 74.0 Å². The van der Waals surface area contributed by atoms with Gasteiger partial charge in [-0.3, -0.25) is 5.10 Å². The molecule has 2 aliphatic rings. The third kappa shape index (κ3) is 3.44. The van der Waals surface area contributed by atoms with Gasteiger partial charge in [-0.25, -0.2) is 0 Å². The zero-order chi connectivity index (χ0) is 21.8. The minimum atomic E-state index is -2.42. The van der Waals surface area contributed by atoms with Crippen molar-refractivity contribution in [2.45, 2.75) is 12.8 Å². The summed E-state index contributed by atoms with van der Waals surface area (Å²) in [6, 6.07) is 15.6. The molecule has 0 aliphatic carbocycles. The maximum absolute atomic E-state index is 6.14. The largest absolute Gasteiger partial charge is 0.497 e. The molecule has 2 aliphatic heterocycles. The molecule has 5 rings (SSSR count). The van der Waals surface area contributed by atoms with Crippen molar-refractivity contribution in [1.29, 1.82) is 0 Å². The van der Waals surface area contributed by atoms with Gasteiger partial charge in [-0.2, -0.15) is 5.10 Å². The van der Waals surface area contributed by atoms with Gasteiger partial charge in [0.05, 0.1) is 7.11 Å². The van der Waals surface area contributed by atoms with E-state index in [1.54, 1.807) is 7.11 Å². The highest BCUT2D eigenvalue weighted by Crippen LogP contribution is 2.49. The van der Waals surface area contributed by atoms with Crippen molar-refractivity contribution < 1.29 is 4.74 Å². The monoisotopic (exact) mass is 487 g/mol. The molecule has 0 saturated heterocycles. The lowest BCUT2D eigenvalue weighted by molar-refractivity contribution is 0.415. The number of methoxy groups -OCH3 is 1. The van der Waals surface area contributed by atoms with E-state index in [4.69, 9.17) is 40.4 Å². The molecule has 0 spiro atoms. The summed E-state index contributed by atoms with van der Waals surface area (Å²) in [5.41, 5.74) is 4.07. The molecule has 4 N–H and O–H groups in total. The van der Waals surface area contributed by atoms with Gasteiger partial charge in [0.1, 0.15) is 22.9 Å². The van der Waals surface area contributed by atoms with Crippen LogP contribution in [0.3, 0.4) is 0 Å². The van der Waals surface area contributed by atoms with Crippen LogP contribution in [0, 0.1) is 6.92 Å². The van der Waals surface area contributed by atoms with Crippen molar-refractivity contribution in [2.24, 2.45) is 0 Å². The third-order valence-electron chi connectivity index (χ3n) is 5.50. The van der Waals surface area contributed by atoms with Crippen LogP contribution in [-0.2, 0) is 11.8 Å². The molecule has 2 aromatic carbocycles. The first-order valence-corrected chi connectivity index (χ1v) is 13.2. The molecule has 3 heterocycles. The molecule has 2 atom stereocenters. The van der Waals surface area contributed by atoms with E-state index in [0.29, 0.717) is 10.0 Å². The molecular weight excluding hydrogens is 469 g/mol. The first kappa shape index (κ1) is 20.5. The SMILES string of the molecule is COc1ccc(P2(=S)NC(=S)C3=C(Nc4n[nH]c(C)c4C3c3ccc(Cl)cc3)N2)cc1. The first-order valence-electron chi connectivity index (χ1n) is 9.56. The number of anilines is 1. The number of benzene rings is 2. The van der Waals surface area contributed by atoms with Gasteiger partial charge in [0.15, 0.2) is 5.82 Å². The van der Waals surface area contributed by atoms with Crippen LogP contribution in [0.25, 0.3) is 0 Å². The van der Waals surface area contributed by atoms with Crippen LogP contribution in [0.5, 0.6) is 5.75 Å². The van der Waals surface area contributed by atoms with E-state index in [-0.39, 0.29) is 5.92 Å². The van der Waals surface area contributed by atoms with Crippen molar-refractivity contribution >= 4 is 58.1 Å². The van der Waals surface area contributed by atoms with E-state index in [0.717, 1.165) is 45.1 Å². The van der Waals surface area contributed by atoms with E-state index < -0.39 is 6.34 Å². The highest BCUT2D eigenvalue weighted by molar-refractivity contribution is 8.17. The third-order valence-corrected chi connectivity index (χ3v) is 9.50. The number of thiocarbonyl (C=S) groups is 1. The average molecular weight is 488 g/mol. The second-order valence-corrected chi connectivity index (χ2v) is 12.0. The van der Waals surface area contributed by atoms with Crippen LogP contribution in [0.15, 0.2) is 59.9 Å². The summed E-state index contributed by atoms with van der Waals surface area (Å²) in [6.45, 7) is 2.01. The second-order valence-electron chi connectivity index (χ2n) is 7.37. The standard InChI is InChI=1S/C21H19ClN5OPS2/c1-11-16-17(12-3-5-13(22)6-4-12)18-20(23-19(16)25-24-11)26-29(31,27-21(18)30)15-9-7-14(28-2)8-10-15/h3-10,17H,1-2H3,(H4,23,24,25,26,27,30,31). The molecule has 0 saturated carbocycles. The molecule has 31 heavy (non-hydrogen) atoms. The van der Waals surface area contributed by atoms with Crippen LogP contribution in [-0.4, -0.2) is 22.3 Å². The Bertz CT molecular complexity index is 1270. The zero-order valence-electron chi connectivity index (χ0n) is 16.7. The zero-order valence-corrected chi connectivity index (χ0v) is 20.0. The Balaban J connectivity index is 1.62. The lowest BCUT2D eigenvalue weighted by Gasteiger charge is -2.40. The highest BCUT2D eigenvalue weighted by Gasteiger charge is 2.40. The fourth-order valence-corrected chi connectivity index (χ4v) is 7.62. The van der Waals surface area contributed by atoms with Gasteiger partial charge in [0.25, 0.3) is 0 Å². The predicted molar refractivity (Wildman–Crippen MR) is 133 cm³/mol. The van der Waals surface area contributed by atoms with Crippen LogP contribution in [0.2, 0.25) is 5.02 Å².